The Morgan fingerprint density at radius 3 is 2.71 bits per heavy atom. The fraction of sp³-hybridized carbons (Fsp3) is 0.562. The van der Waals surface area contributed by atoms with Crippen LogP contribution in [0.5, 0.6) is 5.75 Å². The van der Waals surface area contributed by atoms with Crippen molar-refractivity contribution in [3.05, 3.63) is 18.2 Å². The third kappa shape index (κ3) is 5.63. The lowest BCUT2D eigenvalue weighted by Gasteiger charge is -2.23. The molecule has 0 radical (unpaired) electrons. The number of hydrogen-bond acceptors (Lipinski definition) is 4. The van der Waals surface area contributed by atoms with Crippen molar-refractivity contribution in [3.63, 3.8) is 0 Å². The summed E-state index contributed by atoms with van der Waals surface area (Å²) >= 11 is 0. The number of methoxy groups -OCH3 is 1. The Kier molecular flexibility index (Phi) is 7.02. The highest BCUT2D eigenvalue weighted by atomic mass is 16.5. The summed E-state index contributed by atoms with van der Waals surface area (Å²) in [6, 6.07) is 5.21. The highest BCUT2D eigenvalue weighted by Crippen LogP contribution is 2.26. The van der Waals surface area contributed by atoms with Crippen molar-refractivity contribution in [1.82, 2.24) is 4.90 Å². The van der Waals surface area contributed by atoms with Gasteiger partial charge in [-0.25, -0.2) is 0 Å². The quantitative estimate of drug-likeness (QED) is 0.723. The van der Waals surface area contributed by atoms with Crippen LogP contribution in [0.1, 0.15) is 27.2 Å². The lowest BCUT2D eigenvalue weighted by molar-refractivity contribution is -0.117. The summed E-state index contributed by atoms with van der Waals surface area (Å²) in [5.74, 6) is 1.13. The van der Waals surface area contributed by atoms with Crippen LogP contribution in [0.15, 0.2) is 18.2 Å². The number of likely N-dealkylation sites (N-methyl/N-ethyl adjacent to an activating group) is 1. The summed E-state index contributed by atoms with van der Waals surface area (Å²) in [6.07, 6.45) is 1.11. The number of rotatable bonds is 8. The van der Waals surface area contributed by atoms with E-state index in [1.165, 1.54) is 0 Å². The van der Waals surface area contributed by atoms with E-state index >= 15 is 0 Å². The van der Waals surface area contributed by atoms with E-state index in [-0.39, 0.29) is 5.91 Å². The van der Waals surface area contributed by atoms with E-state index in [1.54, 1.807) is 25.3 Å². The number of carbonyl (C=O) groups is 1. The largest absolute Gasteiger partial charge is 0.494 e. The van der Waals surface area contributed by atoms with Crippen molar-refractivity contribution in [2.45, 2.75) is 27.2 Å². The van der Waals surface area contributed by atoms with Crippen LogP contribution in [-0.2, 0) is 4.79 Å². The lowest BCUT2D eigenvalue weighted by atomic mass is 10.1. The Morgan fingerprint density at radius 1 is 1.43 bits per heavy atom. The van der Waals surface area contributed by atoms with E-state index in [1.807, 2.05) is 0 Å². The molecule has 1 aromatic rings. The monoisotopic (exact) mass is 293 g/mol. The van der Waals surface area contributed by atoms with Crippen LogP contribution in [0.3, 0.4) is 0 Å². The highest BCUT2D eigenvalue weighted by Gasteiger charge is 2.13. The van der Waals surface area contributed by atoms with Gasteiger partial charge in [0, 0.05) is 18.3 Å². The first-order valence-electron chi connectivity index (χ1n) is 7.45. The van der Waals surface area contributed by atoms with Gasteiger partial charge in [-0.2, -0.15) is 0 Å². The summed E-state index contributed by atoms with van der Waals surface area (Å²) in [7, 11) is 1.56. The van der Waals surface area contributed by atoms with Crippen molar-refractivity contribution >= 4 is 17.3 Å². The van der Waals surface area contributed by atoms with Gasteiger partial charge in [0.15, 0.2) is 0 Å². The van der Waals surface area contributed by atoms with Gasteiger partial charge in [0.2, 0.25) is 5.91 Å². The van der Waals surface area contributed by atoms with Crippen molar-refractivity contribution in [2.75, 3.05) is 37.8 Å². The number of nitrogen functional groups attached to an aromatic ring is 1. The van der Waals surface area contributed by atoms with Gasteiger partial charge >= 0.3 is 0 Å². The molecule has 0 aliphatic carbocycles. The molecule has 0 saturated heterocycles. The summed E-state index contributed by atoms with van der Waals surface area (Å²) in [6.45, 7) is 8.60. The number of hydrogen-bond donors (Lipinski definition) is 2. The molecule has 0 aromatic heterocycles. The van der Waals surface area contributed by atoms with Gasteiger partial charge in [0.1, 0.15) is 5.75 Å². The van der Waals surface area contributed by atoms with E-state index in [4.69, 9.17) is 10.5 Å². The van der Waals surface area contributed by atoms with Gasteiger partial charge in [-0.1, -0.05) is 27.2 Å². The summed E-state index contributed by atoms with van der Waals surface area (Å²) in [4.78, 5) is 14.3. The molecular weight excluding hydrogens is 266 g/mol. The molecule has 21 heavy (non-hydrogen) atoms. The fourth-order valence-electron chi connectivity index (χ4n) is 2.08. The molecule has 1 aromatic carbocycles. The SMILES string of the molecule is CCC(C)CN(CC)CC(=O)Nc1ccc(N)cc1OC. The molecule has 5 nitrogen and oxygen atoms in total. The van der Waals surface area contributed by atoms with Crippen LogP contribution in [0.4, 0.5) is 11.4 Å². The zero-order valence-electron chi connectivity index (χ0n) is 13.5. The Bertz CT molecular complexity index is 463. The predicted octanol–water partition coefficient (Wildman–Crippen LogP) is 2.58. The van der Waals surface area contributed by atoms with E-state index in [9.17, 15) is 4.79 Å². The molecule has 0 aliphatic heterocycles. The fourth-order valence-corrected chi connectivity index (χ4v) is 2.08. The van der Waals surface area contributed by atoms with Gasteiger partial charge in [-0.05, 0) is 24.6 Å². The molecule has 3 N–H and O–H groups in total. The Hall–Kier alpha value is -1.75. The first kappa shape index (κ1) is 17.3. The van der Waals surface area contributed by atoms with Gasteiger partial charge in [-0.15, -0.1) is 0 Å². The Labute approximate surface area is 127 Å². The molecule has 118 valence electrons. The van der Waals surface area contributed by atoms with E-state index in [2.05, 4.69) is 31.0 Å². The van der Waals surface area contributed by atoms with Crippen molar-refractivity contribution in [3.8, 4) is 5.75 Å². The summed E-state index contributed by atoms with van der Waals surface area (Å²) in [5.41, 5.74) is 6.96. The van der Waals surface area contributed by atoms with Gasteiger partial charge in [0.05, 0.1) is 19.3 Å². The van der Waals surface area contributed by atoms with Crippen LogP contribution in [0, 0.1) is 5.92 Å². The van der Waals surface area contributed by atoms with Crippen molar-refractivity contribution < 1.29 is 9.53 Å². The average molecular weight is 293 g/mol. The minimum Gasteiger partial charge on any atom is -0.494 e. The maximum Gasteiger partial charge on any atom is 0.238 e. The molecule has 1 amide bonds. The van der Waals surface area contributed by atoms with Gasteiger partial charge in [-0.3, -0.25) is 9.69 Å². The van der Waals surface area contributed by atoms with Gasteiger partial charge < -0.3 is 15.8 Å². The molecular formula is C16H27N3O2. The minimum atomic E-state index is -0.0387. The molecule has 5 heteroatoms. The first-order valence-corrected chi connectivity index (χ1v) is 7.45. The maximum atomic E-state index is 12.2. The van der Waals surface area contributed by atoms with E-state index in [0.717, 1.165) is 19.5 Å². The van der Waals surface area contributed by atoms with E-state index < -0.39 is 0 Å². The number of ether oxygens (including phenoxy) is 1. The number of nitrogens with one attached hydrogen (secondary N) is 1. The Balaban J connectivity index is 2.64. The van der Waals surface area contributed by atoms with Gasteiger partial charge in [0.25, 0.3) is 0 Å². The minimum absolute atomic E-state index is 0.0387. The highest BCUT2D eigenvalue weighted by molar-refractivity contribution is 5.94. The summed E-state index contributed by atoms with van der Waals surface area (Å²) < 4.78 is 5.23. The molecule has 0 bridgehead atoms. The summed E-state index contributed by atoms with van der Waals surface area (Å²) in [5, 5.41) is 2.88. The number of nitrogens with two attached hydrogens (primary N) is 1. The second kappa shape index (κ2) is 8.52. The topological polar surface area (TPSA) is 67.6 Å². The molecule has 0 fully saturated rings. The molecule has 0 spiro atoms. The number of anilines is 2. The standard InChI is InChI=1S/C16H27N3O2/c1-5-12(3)10-19(6-2)11-16(20)18-14-8-7-13(17)9-15(14)21-4/h7-9,12H,5-6,10-11,17H2,1-4H3,(H,18,20). The van der Waals surface area contributed by atoms with Crippen molar-refractivity contribution in [1.29, 1.82) is 0 Å². The molecule has 0 saturated carbocycles. The normalized spacial score (nSPS) is 12.2. The second-order valence-electron chi connectivity index (χ2n) is 5.35. The number of benzene rings is 1. The van der Waals surface area contributed by atoms with E-state index in [0.29, 0.717) is 29.6 Å². The third-order valence-corrected chi connectivity index (χ3v) is 3.58. The smallest absolute Gasteiger partial charge is 0.238 e. The number of nitrogens with zero attached hydrogens (tertiary/aromatic N) is 1. The maximum absolute atomic E-state index is 12.2. The average Bonchev–Trinajstić information content (AvgIpc) is 2.47. The van der Waals surface area contributed by atoms with Crippen molar-refractivity contribution in [2.24, 2.45) is 5.92 Å². The molecule has 1 unspecified atom stereocenters. The zero-order valence-corrected chi connectivity index (χ0v) is 13.5. The Morgan fingerprint density at radius 2 is 2.14 bits per heavy atom. The molecule has 1 rings (SSSR count). The van der Waals surface area contributed by atoms with Crippen LogP contribution >= 0.6 is 0 Å². The lowest BCUT2D eigenvalue weighted by Crippen LogP contribution is -2.36. The number of carbonyl (C=O) groups excluding carboxylic acids is 1. The van der Waals surface area contributed by atoms with Crippen LogP contribution in [-0.4, -0.2) is 37.6 Å². The third-order valence-electron chi connectivity index (χ3n) is 3.58. The number of amides is 1. The van der Waals surface area contributed by atoms with Crippen LogP contribution in [0.25, 0.3) is 0 Å². The second-order valence-corrected chi connectivity index (χ2v) is 5.35. The molecule has 0 heterocycles. The van der Waals surface area contributed by atoms with Crippen LogP contribution in [0.2, 0.25) is 0 Å². The van der Waals surface area contributed by atoms with Crippen LogP contribution < -0.4 is 15.8 Å². The first-order chi connectivity index (χ1) is 9.99. The zero-order chi connectivity index (χ0) is 15.8. The predicted molar refractivity (Wildman–Crippen MR) is 87.6 cm³/mol. The molecule has 1 atom stereocenters. The molecule has 0 aliphatic rings.